The van der Waals surface area contributed by atoms with Crippen LogP contribution in [0.4, 0.5) is 0 Å². The van der Waals surface area contributed by atoms with Gasteiger partial charge < -0.3 is 10.1 Å². The Morgan fingerprint density at radius 2 is 1.81 bits per heavy atom. The number of morpholine rings is 1. The summed E-state index contributed by atoms with van der Waals surface area (Å²) in [5.41, 5.74) is 2.58. The quantitative estimate of drug-likeness (QED) is 0.868. The van der Waals surface area contributed by atoms with Crippen molar-refractivity contribution in [3.05, 3.63) is 65.2 Å². The van der Waals surface area contributed by atoms with E-state index >= 15 is 0 Å². The first kappa shape index (κ1) is 18.6. The number of aryl methyl sites for hydroxylation is 1. The van der Waals surface area contributed by atoms with Crippen LogP contribution in [0.1, 0.15) is 21.5 Å². The van der Waals surface area contributed by atoms with Crippen molar-refractivity contribution in [3.8, 4) is 0 Å². The number of hydrogen-bond acceptors (Lipinski definition) is 4. The molecule has 1 aliphatic heterocycles. The van der Waals surface area contributed by atoms with Crippen LogP contribution in [0.5, 0.6) is 0 Å². The first-order chi connectivity index (χ1) is 12.5. The number of hydrogen-bond donors (Lipinski definition) is 1. The molecule has 26 heavy (non-hydrogen) atoms. The SMILES string of the molecule is Cc1cccc(CNC(=O)c2ccc(S(=O)(=O)N3CCOCC3)cc2)c1. The predicted octanol–water partition coefficient (Wildman–Crippen LogP) is 1.95. The lowest BCUT2D eigenvalue weighted by molar-refractivity contribution is 0.0730. The van der Waals surface area contributed by atoms with Gasteiger partial charge in [0.15, 0.2) is 0 Å². The summed E-state index contributed by atoms with van der Waals surface area (Å²) in [6.07, 6.45) is 0. The molecule has 2 aromatic carbocycles. The second-order valence-corrected chi connectivity index (χ2v) is 8.15. The molecule has 0 spiro atoms. The minimum absolute atomic E-state index is 0.189. The molecule has 1 saturated heterocycles. The number of nitrogens with one attached hydrogen (secondary N) is 1. The van der Waals surface area contributed by atoms with Crippen LogP contribution in [0.25, 0.3) is 0 Å². The van der Waals surface area contributed by atoms with Gasteiger partial charge in [-0.25, -0.2) is 8.42 Å². The van der Waals surface area contributed by atoms with E-state index < -0.39 is 10.0 Å². The summed E-state index contributed by atoms with van der Waals surface area (Å²) >= 11 is 0. The third-order valence-electron chi connectivity index (χ3n) is 4.26. The molecule has 1 N–H and O–H groups in total. The van der Waals surface area contributed by atoms with E-state index in [2.05, 4.69) is 5.32 Å². The minimum Gasteiger partial charge on any atom is -0.379 e. The van der Waals surface area contributed by atoms with Crippen molar-refractivity contribution in [1.29, 1.82) is 0 Å². The monoisotopic (exact) mass is 374 g/mol. The lowest BCUT2D eigenvalue weighted by atomic mass is 10.1. The molecule has 7 heteroatoms. The fourth-order valence-electron chi connectivity index (χ4n) is 2.82. The van der Waals surface area contributed by atoms with Gasteiger partial charge in [0.25, 0.3) is 5.91 Å². The van der Waals surface area contributed by atoms with Crippen molar-refractivity contribution in [2.45, 2.75) is 18.4 Å². The number of nitrogens with zero attached hydrogens (tertiary/aromatic N) is 1. The molecule has 3 rings (SSSR count). The fourth-order valence-corrected chi connectivity index (χ4v) is 4.23. The molecule has 1 fully saturated rings. The van der Waals surface area contributed by atoms with Crippen molar-refractivity contribution < 1.29 is 17.9 Å². The second-order valence-electron chi connectivity index (χ2n) is 6.21. The van der Waals surface area contributed by atoms with Gasteiger partial charge in [0.2, 0.25) is 10.0 Å². The average molecular weight is 374 g/mol. The van der Waals surface area contributed by atoms with E-state index in [1.165, 1.54) is 16.4 Å². The maximum absolute atomic E-state index is 12.6. The highest BCUT2D eigenvalue weighted by atomic mass is 32.2. The van der Waals surface area contributed by atoms with E-state index in [9.17, 15) is 13.2 Å². The van der Waals surface area contributed by atoms with Crippen molar-refractivity contribution in [1.82, 2.24) is 9.62 Å². The highest BCUT2D eigenvalue weighted by molar-refractivity contribution is 7.89. The van der Waals surface area contributed by atoms with Gasteiger partial charge in [-0.2, -0.15) is 4.31 Å². The molecule has 1 heterocycles. The minimum atomic E-state index is -3.54. The molecular weight excluding hydrogens is 352 g/mol. The Bertz CT molecular complexity index is 873. The molecule has 1 aliphatic rings. The lowest BCUT2D eigenvalue weighted by Gasteiger charge is -2.26. The van der Waals surface area contributed by atoms with E-state index in [1.54, 1.807) is 12.1 Å². The number of carbonyl (C=O) groups excluding carboxylic acids is 1. The van der Waals surface area contributed by atoms with Crippen molar-refractivity contribution in [3.63, 3.8) is 0 Å². The molecular formula is C19H22N2O4S. The van der Waals surface area contributed by atoms with Crippen LogP contribution >= 0.6 is 0 Å². The maximum atomic E-state index is 12.6. The van der Waals surface area contributed by atoms with E-state index in [-0.39, 0.29) is 10.8 Å². The Morgan fingerprint density at radius 1 is 1.12 bits per heavy atom. The molecule has 0 saturated carbocycles. The predicted molar refractivity (Wildman–Crippen MR) is 98.4 cm³/mol. The topological polar surface area (TPSA) is 75.7 Å². The molecule has 0 atom stereocenters. The standard InChI is InChI=1S/C19H22N2O4S/c1-15-3-2-4-16(13-15)14-20-19(22)17-5-7-18(8-6-17)26(23,24)21-9-11-25-12-10-21/h2-8,13H,9-12,14H2,1H3,(H,20,22). The van der Waals surface area contributed by atoms with E-state index in [4.69, 9.17) is 4.74 Å². The second kappa shape index (κ2) is 7.99. The molecule has 1 amide bonds. The number of ether oxygens (including phenoxy) is 1. The summed E-state index contributed by atoms with van der Waals surface area (Å²) in [4.78, 5) is 12.5. The number of carbonyl (C=O) groups is 1. The van der Waals surface area contributed by atoms with Crippen LogP contribution in [-0.4, -0.2) is 44.9 Å². The van der Waals surface area contributed by atoms with Crippen LogP contribution in [0.3, 0.4) is 0 Å². The Hall–Kier alpha value is -2.22. The average Bonchev–Trinajstić information content (AvgIpc) is 2.67. The molecule has 0 bridgehead atoms. The molecule has 0 aliphatic carbocycles. The van der Waals surface area contributed by atoms with Gasteiger partial charge in [0.05, 0.1) is 18.1 Å². The molecule has 138 valence electrons. The molecule has 0 aromatic heterocycles. The van der Waals surface area contributed by atoms with Gasteiger partial charge in [0, 0.05) is 25.2 Å². The van der Waals surface area contributed by atoms with Gasteiger partial charge in [-0.05, 0) is 36.8 Å². The zero-order chi connectivity index (χ0) is 18.6. The molecule has 2 aromatic rings. The third kappa shape index (κ3) is 4.30. The first-order valence-electron chi connectivity index (χ1n) is 8.48. The van der Waals surface area contributed by atoms with Crippen LogP contribution < -0.4 is 5.32 Å². The smallest absolute Gasteiger partial charge is 0.251 e. The number of sulfonamides is 1. The van der Waals surface area contributed by atoms with E-state index in [0.29, 0.717) is 38.4 Å². The summed E-state index contributed by atoms with van der Waals surface area (Å²) in [6.45, 7) is 3.92. The lowest BCUT2D eigenvalue weighted by Crippen LogP contribution is -2.40. The van der Waals surface area contributed by atoms with Gasteiger partial charge in [-0.3, -0.25) is 4.79 Å². The van der Waals surface area contributed by atoms with Gasteiger partial charge >= 0.3 is 0 Å². The van der Waals surface area contributed by atoms with Gasteiger partial charge in [0.1, 0.15) is 0 Å². The van der Waals surface area contributed by atoms with Gasteiger partial charge in [-0.15, -0.1) is 0 Å². The Labute approximate surface area is 153 Å². The van der Waals surface area contributed by atoms with Crippen molar-refractivity contribution in [2.24, 2.45) is 0 Å². The number of rotatable bonds is 5. The van der Waals surface area contributed by atoms with Crippen molar-refractivity contribution >= 4 is 15.9 Å². The van der Waals surface area contributed by atoms with Crippen LogP contribution in [0, 0.1) is 6.92 Å². The van der Waals surface area contributed by atoms with E-state index in [1.807, 2.05) is 31.2 Å². The molecule has 6 nitrogen and oxygen atoms in total. The van der Waals surface area contributed by atoms with Crippen LogP contribution in [-0.2, 0) is 21.3 Å². The summed E-state index contributed by atoms with van der Waals surface area (Å²) in [5, 5.41) is 2.85. The first-order valence-corrected chi connectivity index (χ1v) is 9.92. The summed E-state index contributed by atoms with van der Waals surface area (Å²) in [6, 6.07) is 13.9. The summed E-state index contributed by atoms with van der Waals surface area (Å²) in [5.74, 6) is -0.234. The number of benzene rings is 2. The molecule has 0 unspecified atom stereocenters. The van der Waals surface area contributed by atoms with E-state index in [0.717, 1.165) is 11.1 Å². The van der Waals surface area contributed by atoms with Gasteiger partial charge in [-0.1, -0.05) is 29.8 Å². The van der Waals surface area contributed by atoms with Crippen molar-refractivity contribution in [2.75, 3.05) is 26.3 Å². The highest BCUT2D eigenvalue weighted by Crippen LogP contribution is 2.17. The summed E-state index contributed by atoms with van der Waals surface area (Å²) in [7, 11) is -3.54. The Morgan fingerprint density at radius 3 is 2.46 bits per heavy atom. The van der Waals surface area contributed by atoms with Crippen LogP contribution in [0.15, 0.2) is 53.4 Å². The zero-order valence-electron chi connectivity index (χ0n) is 14.6. The highest BCUT2D eigenvalue weighted by Gasteiger charge is 2.26. The molecule has 0 radical (unpaired) electrons. The third-order valence-corrected chi connectivity index (χ3v) is 6.17. The normalized spacial score (nSPS) is 15.6. The largest absolute Gasteiger partial charge is 0.379 e. The number of amides is 1. The fraction of sp³-hybridized carbons (Fsp3) is 0.316. The Kier molecular flexibility index (Phi) is 5.70. The maximum Gasteiger partial charge on any atom is 0.251 e. The summed E-state index contributed by atoms with van der Waals surface area (Å²) < 4.78 is 31.8. The van der Waals surface area contributed by atoms with Crippen LogP contribution in [0.2, 0.25) is 0 Å². The zero-order valence-corrected chi connectivity index (χ0v) is 15.5. The Balaban J connectivity index is 1.65.